The van der Waals surface area contributed by atoms with Crippen molar-refractivity contribution in [2.24, 2.45) is 0 Å². The van der Waals surface area contributed by atoms with Crippen molar-refractivity contribution in [2.45, 2.75) is 57.7 Å². The molecule has 0 radical (unpaired) electrons. The summed E-state index contributed by atoms with van der Waals surface area (Å²) in [4.78, 5) is 73.9. The highest BCUT2D eigenvalue weighted by Crippen LogP contribution is 2.37. The molecule has 2 heterocycles. The van der Waals surface area contributed by atoms with Crippen LogP contribution >= 0.6 is 65.6 Å². The number of furan rings is 1. The van der Waals surface area contributed by atoms with Crippen LogP contribution in [0.4, 0.5) is 11.4 Å². The fourth-order valence-electron chi connectivity index (χ4n) is 5.84. The van der Waals surface area contributed by atoms with Gasteiger partial charge in [-0.25, -0.2) is 4.79 Å². The van der Waals surface area contributed by atoms with Crippen LogP contribution in [-0.2, 0) is 39.6 Å². The van der Waals surface area contributed by atoms with E-state index < -0.39 is 47.8 Å². The fourth-order valence-corrected chi connectivity index (χ4v) is 7.07. The molecule has 1 saturated heterocycles. The Kier molecular flexibility index (Phi) is 24.6. The lowest BCUT2D eigenvalue weighted by Crippen LogP contribution is -2.45. The Labute approximate surface area is 411 Å². The van der Waals surface area contributed by atoms with Crippen molar-refractivity contribution in [3.8, 4) is 11.5 Å². The number of amides is 2. The van der Waals surface area contributed by atoms with E-state index in [-0.39, 0.29) is 52.6 Å². The first kappa shape index (κ1) is 58.6. The second kappa shape index (κ2) is 28.1. The summed E-state index contributed by atoms with van der Waals surface area (Å²) < 4.78 is 36.5. The van der Waals surface area contributed by atoms with E-state index in [1.807, 2.05) is 38.1 Å². The first-order valence-electron chi connectivity index (χ1n) is 19.7. The molecule has 0 aliphatic carbocycles. The number of carbonyl (C=O) groups is 4. The van der Waals surface area contributed by atoms with Crippen LogP contribution in [0, 0.1) is 17.0 Å². The van der Waals surface area contributed by atoms with Gasteiger partial charge in [0.15, 0.2) is 4.84 Å². The number of hydrogen-bond acceptors (Lipinski definition) is 13. The zero-order valence-corrected chi connectivity index (χ0v) is 41.6. The van der Waals surface area contributed by atoms with Gasteiger partial charge in [0.1, 0.15) is 47.3 Å². The molecule has 1 aliphatic heterocycles. The van der Waals surface area contributed by atoms with Crippen LogP contribution in [0.15, 0.2) is 77.4 Å². The number of hydrogen-bond donors (Lipinski definition) is 4. The summed E-state index contributed by atoms with van der Waals surface area (Å²) >= 11 is 28.6. The van der Waals surface area contributed by atoms with E-state index in [1.54, 1.807) is 43.2 Å². The Morgan fingerprint density at radius 1 is 1.06 bits per heavy atom. The molecule has 4 aromatic rings. The molecule has 0 bridgehead atoms. The Hall–Kier alpha value is -4.50. The number of nitro groups is 1. The van der Waals surface area contributed by atoms with Crippen molar-refractivity contribution in [3.63, 3.8) is 0 Å². The van der Waals surface area contributed by atoms with Gasteiger partial charge >= 0.3 is 19.5 Å². The number of nitrogens with one attached hydrogen (secondary N) is 1. The normalized spacial score (nSPS) is 13.8. The number of para-hydroxylation sites is 1. The van der Waals surface area contributed by atoms with Crippen LogP contribution in [0.1, 0.15) is 61.0 Å². The van der Waals surface area contributed by atoms with Gasteiger partial charge in [-0.15, -0.1) is 11.6 Å². The van der Waals surface area contributed by atoms with Crippen molar-refractivity contribution in [1.29, 1.82) is 0 Å². The number of nitro benzene ring substituents is 1. The molecule has 1 aliphatic rings. The minimum absolute atomic E-state index is 0.0371. The maximum Gasteiger partial charge on any atom is 0.345 e. The number of aliphatic carboxylic acids is 1. The van der Waals surface area contributed by atoms with Gasteiger partial charge in [0.05, 0.1) is 48.4 Å². The molecule has 4 N–H and O–H groups in total. The first-order valence-corrected chi connectivity index (χ1v) is 23.7. The summed E-state index contributed by atoms with van der Waals surface area (Å²) in [6, 6.07) is 18.0. The molecule has 368 valence electrons. The fraction of sp³-hybridized carbons (Fsp3) is 0.381. The number of nitrogens with zero attached hydrogens (tertiary/aromatic N) is 3. The average molecular weight is 1060 g/mol. The zero-order valence-electron chi connectivity index (χ0n) is 37.0. The van der Waals surface area contributed by atoms with Crippen LogP contribution < -0.4 is 15.0 Å². The SMILES string of the molecule is CC1(C)OC(c2ccco2)CN1C(=O)C(Cl)Cl.CCOCN(C(=O)CCl)c1c(C)cccc1CC.COC(=O)c1cc(Oc2ccc(Cl)cc2Cl)ccc1[N+](=O)[O-].O=C(O)CNCP(=O)(O)O. The Bertz CT molecular complexity index is 2330. The van der Waals surface area contributed by atoms with E-state index >= 15 is 0 Å². The lowest BCUT2D eigenvalue weighted by atomic mass is 10.0. The molecule has 0 spiro atoms. The Balaban J connectivity index is 0.000000317. The second-order valence-corrected chi connectivity index (χ2v) is 17.9. The average Bonchev–Trinajstić information content (AvgIpc) is 3.92. The molecule has 2 amide bonds. The molecule has 25 heteroatoms. The molecule has 1 unspecified atom stereocenters. The number of anilines is 1. The molecule has 1 aromatic heterocycles. The number of carboxylic acid groups (broad SMARTS) is 1. The van der Waals surface area contributed by atoms with Gasteiger partial charge < -0.3 is 43.2 Å². The minimum Gasteiger partial charge on any atom is -0.480 e. The van der Waals surface area contributed by atoms with Gasteiger partial charge in [-0.05, 0) is 81.6 Å². The molecule has 3 aromatic carbocycles. The van der Waals surface area contributed by atoms with Crippen molar-refractivity contribution in [3.05, 3.63) is 116 Å². The summed E-state index contributed by atoms with van der Waals surface area (Å²) in [5.74, 6) is -1.31. The second-order valence-electron chi connectivity index (χ2n) is 14.1. The highest BCUT2D eigenvalue weighted by atomic mass is 35.5. The van der Waals surface area contributed by atoms with Crippen molar-refractivity contribution in [1.82, 2.24) is 10.2 Å². The predicted molar refractivity (Wildman–Crippen MR) is 253 cm³/mol. The van der Waals surface area contributed by atoms with Gasteiger partial charge in [0.2, 0.25) is 5.91 Å². The van der Waals surface area contributed by atoms with Gasteiger partial charge in [-0.2, -0.15) is 0 Å². The largest absolute Gasteiger partial charge is 0.480 e. The highest BCUT2D eigenvalue weighted by Gasteiger charge is 2.45. The number of benzene rings is 3. The smallest absolute Gasteiger partial charge is 0.345 e. The van der Waals surface area contributed by atoms with Crippen LogP contribution in [0.2, 0.25) is 10.0 Å². The number of methoxy groups -OCH3 is 1. The lowest BCUT2D eigenvalue weighted by molar-refractivity contribution is -0.385. The monoisotopic (exact) mass is 1060 g/mol. The van der Waals surface area contributed by atoms with Crippen molar-refractivity contribution < 1.29 is 66.9 Å². The molecule has 1 fully saturated rings. The predicted octanol–water partition coefficient (Wildman–Crippen LogP) is 9.12. The van der Waals surface area contributed by atoms with E-state index in [2.05, 4.69) is 17.0 Å². The summed E-state index contributed by atoms with van der Waals surface area (Å²) in [7, 11) is -2.96. The molecule has 5 rings (SSSR count). The maximum atomic E-state index is 12.0. The van der Waals surface area contributed by atoms with Crippen molar-refractivity contribution in [2.75, 3.05) is 50.6 Å². The van der Waals surface area contributed by atoms with E-state index in [0.717, 1.165) is 36.4 Å². The molecule has 67 heavy (non-hydrogen) atoms. The van der Waals surface area contributed by atoms with Crippen molar-refractivity contribution >= 4 is 101 Å². The van der Waals surface area contributed by atoms with Gasteiger partial charge in [-0.1, -0.05) is 71.5 Å². The maximum absolute atomic E-state index is 12.0. The van der Waals surface area contributed by atoms with E-state index in [1.165, 1.54) is 23.1 Å². The van der Waals surface area contributed by atoms with Crippen LogP contribution in [0.3, 0.4) is 0 Å². The van der Waals surface area contributed by atoms with Gasteiger partial charge in [-0.3, -0.25) is 39.3 Å². The minimum atomic E-state index is -4.10. The number of ether oxygens (including phenoxy) is 4. The van der Waals surface area contributed by atoms with E-state index in [9.17, 15) is 33.9 Å². The summed E-state index contributed by atoms with van der Waals surface area (Å²) in [5, 5.41) is 21.7. The zero-order chi connectivity index (χ0) is 50.6. The lowest BCUT2D eigenvalue weighted by Gasteiger charge is -2.29. The summed E-state index contributed by atoms with van der Waals surface area (Å²) in [5.41, 5.74) is 1.80. The number of halogens is 5. The number of aryl methyl sites for hydroxylation is 2. The summed E-state index contributed by atoms with van der Waals surface area (Å²) in [6.07, 6.45) is 1.56. The number of carboxylic acids is 1. The third-order valence-corrected chi connectivity index (χ3v) is 10.6. The first-order chi connectivity index (χ1) is 31.4. The summed E-state index contributed by atoms with van der Waals surface area (Å²) in [6.45, 7) is 10.3. The topological polar surface area (TPSA) is 258 Å². The quantitative estimate of drug-likeness (QED) is 0.0204. The number of rotatable bonds is 16. The third-order valence-electron chi connectivity index (χ3n) is 8.84. The molecule has 19 nitrogen and oxygen atoms in total. The van der Waals surface area contributed by atoms with E-state index in [0.29, 0.717) is 29.7 Å². The highest BCUT2D eigenvalue weighted by molar-refractivity contribution is 7.51. The molecular formula is C42H50Cl5N4O15P. The third kappa shape index (κ3) is 19.2. The van der Waals surface area contributed by atoms with Crippen LogP contribution in [-0.4, -0.2) is 105 Å². The molecular weight excluding hydrogens is 1010 g/mol. The van der Waals surface area contributed by atoms with Gasteiger partial charge in [0, 0.05) is 23.8 Å². The van der Waals surface area contributed by atoms with E-state index in [4.69, 9.17) is 91.5 Å². The molecule has 0 saturated carbocycles. The number of esters is 1. The number of carbonyl (C=O) groups excluding carboxylic acids is 3. The Morgan fingerprint density at radius 3 is 2.27 bits per heavy atom. The number of alkyl halides is 3. The standard InChI is InChI=1S/C14H9Cl2NO5.C14H20ClNO2.C11H13Cl2NO3.C3H8NO5P/c1-21-14(18)10-7-9(3-4-12(10)17(19)20)22-13-5-2-8(15)6-11(13)16;1-4-12-8-6-7-11(3)14(12)16(10-18-5-2)13(17)9-15;1-11(2)14(10(15)9(12)13)6-8(17-11)7-4-3-5-16-7;5-3(6)1-4-2-10(7,8)9/h2-7H,1H3;6-8H,4-5,9-10H2,1-3H3;3-5,8-9H,6H2,1-2H3;4H,1-2H2,(H,5,6)(H2,7,8,9). The van der Waals surface area contributed by atoms with Gasteiger partial charge in [0.25, 0.3) is 11.6 Å². The molecule has 1 atom stereocenters. The Morgan fingerprint density at radius 2 is 1.75 bits per heavy atom. The van der Waals surface area contributed by atoms with Crippen LogP contribution in [0.5, 0.6) is 11.5 Å². The van der Waals surface area contributed by atoms with Crippen LogP contribution in [0.25, 0.3) is 0 Å².